The van der Waals surface area contributed by atoms with Crippen molar-refractivity contribution in [3.05, 3.63) is 44.4 Å². The Bertz CT molecular complexity index is 601. The van der Waals surface area contributed by atoms with E-state index < -0.39 is 0 Å². The molecule has 1 atom stereocenters. The van der Waals surface area contributed by atoms with Gasteiger partial charge in [-0.1, -0.05) is 11.6 Å². The summed E-state index contributed by atoms with van der Waals surface area (Å²) in [6, 6.07) is 3.97. The van der Waals surface area contributed by atoms with Gasteiger partial charge >= 0.3 is 0 Å². The number of pyridine rings is 1. The largest absolute Gasteiger partial charge is 0.506 e. The van der Waals surface area contributed by atoms with Crippen molar-refractivity contribution in [1.82, 2.24) is 10.3 Å². The molecule has 108 valence electrons. The van der Waals surface area contributed by atoms with Gasteiger partial charge in [-0.15, -0.1) is 11.3 Å². The molecule has 0 radical (unpaired) electrons. The minimum atomic E-state index is -0.142. The first-order valence-electron chi connectivity index (χ1n) is 6.28. The molecule has 2 rings (SSSR count). The Morgan fingerprint density at radius 2 is 2.20 bits per heavy atom. The van der Waals surface area contributed by atoms with Crippen LogP contribution in [0.3, 0.4) is 0 Å². The summed E-state index contributed by atoms with van der Waals surface area (Å²) >= 11 is 7.45. The average molecular weight is 313 g/mol. The maximum absolute atomic E-state index is 10.1. The van der Waals surface area contributed by atoms with Crippen LogP contribution in [-0.4, -0.2) is 15.2 Å². The van der Waals surface area contributed by atoms with Crippen LogP contribution in [0.2, 0.25) is 4.34 Å². The van der Waals surface area contributed by atoms with Crippen LogP contribution in [0.25, 0.3) is 0 Å². The fraction of sp³-hybridized carbons (Fsp3) is 0.357. The number of aryl methyl sites for hydroxylation is 1. The zero-order valence-corrected chi connectivity index (χ0v) is 12.9. The van der Waals surface area contributed by atoms with E-state index >= 15 is 0 Å². The molecule has 0 aliphatic heterocycles. The Labute approximate surface area is 127 Å². The number of aromatic hydroxyl groups is 1. The number of hydrogen-bond acceptors (Lipinski definition) is 5. The molecule has 2 aromatic rings. The lowest BCUT2D eigenvalue weighted by molar-refractivity contribution is 0.278. The summed E-state index contributed by atoms with van der Waals surface area (Å²) in [5.41, 5.74) is 1.89. The molecule has 0 saturated carbocycles. The lowest BCUT2D eigenvalue weighted by Crippen LogP contribution is -2.18. The Kier molecular flexibility index (Phi) is 4.99. The number of hydrogen-bond donors (Lipinski definition) is 3. The summed E-state index contributed by atoms with van der Waals surface area (Å²) in [4.78, 5) is 5.18. The first-order chi connectivity index (χ1) is 9.52. The molecule has 0 aromatic carbocycles. The molecule has 1 unspecified atom stereocenters. The second-order valence-electron chi connectivity index (χ2n) is 4.60. The Morgan fingerprint density at radius 1 is 1.45 bits per heavy atom. The van der Waals surface area contributed by atoms with Gasteiger partial charge in [-0.2, -0.15) is 0 Å². The number of aromatic nitrogens is 1. The second kappa shape index (κ2) is 6.54. The summed E-state index contributed by atoms with van der Waals surface area (Å²) in [6.45, 7) is 4.09. The summed E-state index contributed by atoms with van der Waals surface area (Å²) in [5, 5.41) is 22.7. The molecule has 2 aromatic heterocycles. The molecule has 0 saturated heterocycles. The van der Waals surface area contributed by atoms with Crippen LogP contribution in [0, 0.1) is 6.92 Å². The van der Waals surface area contributed by atoms with Gasteiger partial charge in [-0.25, -0.2) is 0 Å². The number of nitrogens with zero attached hydrogens (tertiary/aromatic N) is 1. The molecule has 6 heteroatoms. The van der Waals surface area contributed by atoms with Gasteiger partial charge in [0, 0.05) is 34.8 Å². The van der Waals surface area contributed by atoms with Crippen LogP contribution < -0.4 is 5.32 Å². The van der Waals surface area contributed by atoms with Gasteiger partial charge in [0.25, 0.3) is 0 Å². The van der Waals surface area contributed by atoms with E-state index in [0.717, 1.165) is 9.21 Å². The highest BCUT2D eigenvalue weighted by Gasteiger charge is 2.13. The van der Waals surface area contributed by atoms with E-state index in [1.807, 2.05) is 19.1 Å². The molecule has 0 fully saturated rings. The monoisotopic (exact) mass is 312 g/mol. The van der Waals surface area contributed by atoms with E-state index in [1.165, 1.54) is 11.3 Å². The molecule has 0 spiro atoms. The first kappa shape index (κ1) is 15.3. The fourth-order valence-electron chi connectivity index (χ4n) is 1.93. The minimum absolute atomic E-state index is 0.118. The summed E-state index contributed by atoms with van der Waals surface area (Å²) in [7, 11) is 0. The summed E-state index contributed by atoms with van der Waals surface area (Å²) < 4.78 is 0.757. The fourth-order valence-corrected chi connectivity index (χ4v) is 3.02. The van der Waals surface area contributed by atoms with Crippen molar-refractivity contribution in [3.63, 3.8) is 0 Å². The second-order valence-corrected chi connectivity index (χ2v) is 6.35. The van der Waals surface area contributed by atoms with Crippen LogP contribution in [0.15, 0.2) is 18.3 Å². The molecular formula is C14H17ClN2O2S. The highest BCUT2D eigenvalue weighted by molar-refractivity contribution is 7.16. The standard InChI is InChI=1S/C14H17ClN2O2S/c1-8(12-3-4-13(15)20-12)17-6-11-10(7-18)5-16-9(2)14(11)19/h3-5,8,17-19H,6-7H2,1-2H3. The highest BCUT2D eigenvalue weighted by Crippen LogP contribution is 2.28. The predicted octanol–water partition coefficient (Wildman–Crippen LogP) is 3.15. The highest BCUT2D eigenvalue weighted by atomic mass is 35.5. The van der Waals surface area contributed by atoms with Gasteiger partial charge in [0.05, 0.1) is 16.6 Å². The van der Waals surface area contributed by atoms with Crippen LogP contribution >= 0.6 is 22.9 Å². The van der Waals surface area contributed by atoms with Gasteiger partial charge < -0.3 is 15.5 Å². The van der Waals surface area contributed by atoms with Crippen LogP contribution in [-0.2, 0) is 13.2 Å². The number of rotatable bonds is 5. The number of aliphatic hydroxyl groups excluding tert-OH is 1. The SMILES string of the molecule is Cc1ncc(CO)c(CNC(C)c2ccc(Cl)s2)c1O. The topological polar surface area (TPSA) is 65.4 Å². The van der Waals surface area contributed by atoms with Crippen molar-refractivity contribution in [1.29, 1.82) is 0 Å². The smallest absolute Gasteiger partial charge is 0.141 e. The zero-order valence-electron chi connectivity index (χ0n) is 11.4. The molecule has 2 heterocycles. The Hall–Kier alpha value is -1.14. The van der Waals surface area contributed by atoms with Crippen LogP contribution in [0.4, 0.5) is 0 Å². The lowest BCUT2D eigenvalue weighted by Gasteiger charge is -2.16. The van der Waals surface area contributed by atoms with Crippen LogP contribution in [0.5, 0.6) is 5.75 Å². The summed E-state index contributed by atoms with van der Waals surface area (Å²) in [5.74, 6) is 0.139. The molecule has 4 nitrogen and oxygen atoms in total. The van der Waals surface area contributed by atoms with Crippen molar-refractivity contribution < 1.29 is 10.2 Å². The Balaban J connectivity index is 2.12. The zero-order chi connectivity index (χ0) is 14.7. The van der Waals surface area contributed by atoms with Gasteiger partial charge in [0.15, 0.2) is 0 Å². The number of thiophene rings is 1. The number of halogens is 1. The molecule has 3 N–H and O–H groups in total. The minimum Gasteiger partial charge on any atom is -0.506 e. The summed E-state index contributed by atoms with van der Waals surface area (Å²) in [6.07, 6.45) is 1.60. The van der Waals surface area contributed by atoms with Gasteiger partial charge in [-0.3, -0.25) is 4.98 Å². The van der Waals surface area contributed by atoms with E-state index in [1.54, 1.807) is 13.1 Å². The molecule has 0 amide bonds. The van der Waals surface area contributed by atoms with Crippen molar-refractivity contribution in [2.45, 2.75) is 33.0 Å². The van der Waals surface area contributed by atoms with Gasteiger partial charge in [0.2, 0.25) is 0 Å². The molecule has 0 aliphatic rings. The van der Waals surface area contributed by atoms with Crippen molar-refractivity contribution in [2.24, 2.45) is 0 Å². The third-order valence-corrected chi connectivity index (χ3v) is 4.62. The Morgan fingerprint density at radius 3 is 2.80 bits per heavy atom. The third kappa shape index (κ3) is 3.30. The molecular weight excluding hydrogens is 296 g/mol. The quantitative estimate of drug-likeness (QED) is 0.793. The van der Waals surface area contributed by atoms with Crippen molar-refractivity contribution in [2.75, 3.05) is 0 Å². The maximum atomic E-state index is 10.1. The average Bonchev–Trinajstić information content (AvgIpc) is 2.86. The van der Waals surface area contributed by atoms with Gasteiger partial charge in [-0.05, 0) is 26.0 Å². The van der Waals surface area contributed by atoms with E-state index in [4.69, 9.17) is 11.6 Å². The van der Waals surface area contributed by atoms with E-state index in [-0.39, 0.29) is 18.4 Å². The third-order valence-electron chi connectivity index (χ3n) is 3.21. The van der Waals surface area contributed by atoms with Gasteiger partial charge in [0.1, 0.15) is 5.75 Å². The van der Waals surface area contributed by atoms with E-state index in [9.17, 15) is 10.2 Å². The molecule has 20 heavy (non-hydrogen) atoms. The molecule has 0 aliphatic carbocycles. The maximum Gasteiger partial charge on any atom is 0.141 e. The first-order valence-corrected chi connectivity index (χ1v) is 7.48. The lowest BCUT2D eigenvalue weighted by atomic mass is 10.1. The van der Waals surface area contributed by atoms with E-state index in [0.29, 0.717) is 23.4 Å². The molecule has 0 bridgehead atoms. The van der Waals surface area contributed by atoms with E-state index in [2.05, 4.69) is 10.3 Å². The number of aliphatic hydroxyl groups is 1. The van der Waals surface area contributed by atoms with Crippen LogP contribution in [0.1, 0.15) is 34.7 Å². The van der Waals surface area contributed by atoms with Crippen molar-refractivity contribution in [3.8, 4) is 5.75 Å². The normalized spacial score (nSPS) is 12.6. The predicted molar refractivity (Wildman–Crippen MR) is 81.1 cm³/mol. The number of nitrogens with one attached hydrogen (secondary N) is 1. The van der Waals surface area contributed by atoms with Crippen molar-refractivity contribution >= 4 is 22.9 Å².